The van der Waals surface area contributed by atoms with Crippen LogP contribution in [0.15, 0.2) is 42.7 Å². The first-order valence-corrected chi connectivity index (χ1v) is 10.5. The predicted octanol–water partition coefficient (Wildman–Crippen LogP) is 3.52. The van der Waals surface area contributed by atoms with Crippen molar-refractivity contribution >= 4 is 17.2 Å². The Kier molecular flexibility index (Phi) is 6.22. The van der Waals surface area contributed by atoms with Crippen LogP contribution in [-0.4, -0.2) is 56.2 Å². The number of hydrogen-bond acceptors (Lipinski definition) is 6. The van der Waals surface area contributed by atoms with Gasteiger partial charge in [0.25, 0.3) is 0 Å². The summed E-state index contributed by atoms with van der Waals surface area (Å²) in [5.74, 6) is 0.837. The standard InChI is InChI=1S/C22H25ClN6O2/c1-13(2)18-11-26-29-21(9-20(27-22(18)29)19-4-5-25-28-19)14-6-15(23)8-17(7-14)31-12-16(30)10-24-3/h4-9,11,13,16,24,30H,10,12H2,1-3H3,(H,25,28). The van der Waals surface area contributed by atoms with Crippen LogP contribution in [0.25, 0.3) is 28.3 Å². The zero-order valence-corrected chi connectivity index (χ0v) is 18.4. The summed E-state index contributed by atoms with van der Waals surface area (Å²) in [7, 11) is 1.78. The van der Waals surface area contributed by atoms with Gasteiger partial charge in [0.1, 0.15) is 18.5 Å². The number of aromatic amines is 1. The molecule has 4 aromatic rings. The third-order valence-corrected chi connectivity index (χ3v) is 5.17. The van der Waals surface area contributed by atoms with E-state index in [2.05, 4.69) is 34.5 Å². The van der Waals surface area contributed by atoms with Crippen molar-refractivity contribution in [2.45, 2.75) is 25.9 Å². The average Bonchev–Trinajstić information content (AvgIpc) is 3.41. The number of fused-ring (bicyclic) bond motifs is 1. The molecule has 31 heavy (non-hydrogen) atoms. The van der Waals surface area contributed by atoms with Crippen molar-refractivity contribution in [3.63, 3.8) is 0 Å². The number of nitrogens with zero attached hydrogens (tertiary/aromatic N) is 4. The van der Waals surface area contributed by atoms with Gasteiger partial charge in [0.05, 0.1) is 23.3 Å². The van der Waals surface area contributed by atoms with Crippen LogP contribution in [0.2, 0.25) is 5.02 Å². The Balaban J connectivity index is 1.81. The lowest BCUT2D eigenvalue weighted by molar-refractivity contribution is 0.108. The Bertz CT molecular complexity index is 1170. The van der Waals surface area contributed by atoms with E-state index in [1.165, 1.54) is 0 Å². The van der Waals surface area contributed by atoms with Gasteiger partial charge in [-0.1, -0.05) is 25.4 Å². The molecule has 0 spiro atoms. The van der Waals surface area contributed by atoms with Crippen LogP contribution >= 0.6 is 11.6 Å². The summed E-state index contributed by atoms with van der Waals surface area (Å²) in [6, 6.07) is 9.31. The fraction of sp³-hybridized carbons (Fsp3) is 0.318. The fourth-order valence-corrected chi connectivity index (χ4v) is 3.64. The van der Waals surface area contributed by atoms with E-state index in [-0.39, 0.29) is 12.5 Å². The van der Waals surface area contributed by atoms with Crippen molar-refractivity contribution in [2.75, 3.05) is 20.2 Å². The fourth-order valence-electron chi connectivity index (χ4n) is 3.41. The molecule has 4 rings (SSSR count). The topological polar surface area (TPSA) is 100 Å². The molecule has 1 unspecified atom stereocenters. The molecule has 162 valence electrons. The van der Waals surface area contributed by atoms with E-state index in [0.717, 1.165) is 33.9 Å². The van der Waals surface area contributed by atoms with Gasteiger partial charge in [0.2, 0.25) is 0 Å². The summed E-state index contributed by atoms with van der Waals surface area (Å²) in [5.41, 5.74) is 5.06. The molecule has 1 atom stereocenters. The van der Waals surface area contributed by atoms with Gasteiger partial charge in [-0.15, -0.1) is 0 Å². The second-order valence-electron chi connectivity index (χ2n) is 7.69. The Morgan fingerprint density at radius 2 is 2.10 bits per heavy atom. The maximum absolute atomic E-state index is 9.95. The molecule has 3 N–H and O–H groups in total. The van der Waals surface area contributed by atoms with Crippen LogP contribution in [0.4, 0.5) is 0 Å². The molecular weight excluding hydrogens is 416 g/mol. The minimum atomic E-state index is -0.619. The maximum atomic E-state index is 9.95. The number of aliphatic hydroxyl groups is 1. The van der Waals surface area contributed by atoms with Crippen molar-refractivity contribution in [1.82, 2.24) is 30.1 Å². The zero-order chi connectivity index (χ0) is 22.0. The molecule has 0 aliphatic heterocycles. The number of H-pyrrole nitrogens is 1. The largest absolute Gasteiger partial charge is 0.491 e. The molecule has 0 fully saturated rings. The van der Waals surface area contributed by atoms with Crippen LogP contribution in [0.3, 0.4) is 0 Å². The number of halogens is 1. The minimum absolute atomic E-state index is 0.158. The van der Waals surface area contributed by atoms with E-state index in [1.54, 1.807) is 19.3 Å². The molecule has 0 saturated heterocycles. The molecule has 3 heterocycles. The second kappa shape index (κ2) is 9.05. The Hall–Kier alpha value is -2.94. The highest BCUT2D eigenvalue weighted by atomic mass is 35.5. The molecule has 9 heteroatoms. The molecule has 1 aromatic carbocycles. The highest BCUT2D eigenvalue weighted by molar-refractivity contribution is 6.31. The first-order valence-electron chi connectivity index (χ1n) is 10.1. The monoisotopic (exact) mass is 440 g/mol. The number of rotatable bonds is 8. The number of nitrogens with one attached hydrogen (secondary N) is 2. The SMILES string of the molecule is CNCC(O)COc1cc(Cl)cc(-c2cc(-c3ccn[nH]3)nc3c(C(C)C)cnn23)c1. The smallest absolute Gasteiger partial charge is 0.159 e. The summed E-state index contributed by atoms with van der Waals surface area (Å²) in [4.78, 5) is 4.83. The summed E-state index contributed by atoms with van der Waals surface area (Å²) >= 11 is 6.41. The Morgan fingerprint density at radius 3 is 2.81 bits per heavy atom. The van der Waals surface area contributed by atoms with Crippen molar-refractivity contribution in [1.29, 1.82) is 0 Å². The van der Waals surface area contributed by atoms with E-state index in [1.807, 2.05) is 35.0 Å². The average molecular weight is 441 g/mol. The van der Waals surface area contributed by atoms with Gasteiger partial charge in [-0.3, -0.25) is 5.10 Å². The van der Waals surface area contributed by atoms with Crippen molar-refractivity contribution in [3.05, 3.63) is 53.3 Å². The molecule has 0 bridgehead atoms. The molecule has 0 radical (unpaired) electrons. The van der Waals surface area contributed by atoms with Gasteiger partial charge in [0, 0.05) is 28.9 Å². The lowest BCUT2D eigenvalue weighted by atomic mass is 10.1. The van der Waals surface area contributed by atoms with Crippen LogP contribution < -0.4 is 10.1 Å². The Morgan fingerprint density at radius 1 is 1.26 bits per heavy atom. The molecule has 0 aliphatic carbocycles. The molecule has 0 amide bonds. The van der Waals surface area contributed by atoms with Crippen molar-refractivity contribution in [3.8, 4) is 28.4 Å². The maximum Gasteiger partial charge on any atom is 0.159 e. The number of likely N-dealkylation sites (N-methyl/N-ethyl adjacent to an activating group) is 1. The van der Waals surface area contributed by atoms with E-state index < -0.39 is 6.10 Å². The van der Waals surface area contributed by atoms with Gasteiger partial charge in [-0.05, 0) is 43.3 Å². The first-order chi connectivity index (χ1) is 15.0. The van der Waals surface area contributed by atoms with Crippen LogP contribution in [0.1, 0.15) is 25.3 Å². The van der Waals surface area contributed by atoms with E-state index >= 15 is 0 Å². The van der Waals surface area contributed by atoms with Crippen molar-refractivity contribution in [2.24, 2.45) is 0 Å². The third kappa shape index (κ3) is 4.56. The Labute approximate surface area is 185 Å². The summed E-state index contributed by atoms with van der Waals surface area (Å²) in [6.45, 7) is 4.83. The first kappa shape index (κ1) is 21.3. The highest BCUT2D eigenvalue weighted by Gasteiger charge is 2.17. The highest BCUT2D eigenvalue weighted by Crippen LogP contribution is 2.32. The van der Waals surface area contributed by atoms with Crippen LogP contribution in [0, 0.1) is 0 Å². The molecule has 0 saturated carbocycles. The van der Waals surface area contributed by atoms with Crippen molar-refractivity contribution < 1.29 is 9.84 Å². The zero-order valence-electron chi connectivity index (χ0n) is 17.6. The van der Waals surface area contributed by atoms with Gasteiger partial charge < -0.3 is 15.2 Å². The van der Waals surface area contributed by atoms with E-state index in [0.29, 0.717) is 17.3 Å². The van der Waals surface area contributed by atoms with Crippen LogP contribution in [-0.2, 0) is 0 Å². The quantitative estimate of drug-likeness (QED) is 0.387. The van der Waals surface area contributed by atoms with Gasteiger partial charge >= 0.3 is 0 Å². The molecular formula is C22H25ClN6O2. The number of benzene rings is 1. The number of aromatic nitrogens is 5. The summed E-state index contributed by atoms with van der Waals surface area (Å²) < 4.78 is 7.61. The summed E-state index contributed by atoms with van der Waals surface area (Å²) in [5, 5.41) is 25.0. The van der Waals surface area contributed by atoms with E-state index in [4.69, 9.17) is 21.3 Å². The lowest BCUT2D eigenvalue weighted by Crippen LogP contribution is -2.29. The normalized spacial score (nSPS) is 12.6. The van der Waals surface area contributed by atoms with E-state index in [9.17, 15) is 5.11 Å². The number of hydrogen-bond donors (Lipinski definition) is 3. The summed E-state index contributed by atoms with van der Waals surface area (Å²) in [6.07, 6.45) is 2.93. The van der Waals surface area contributed by atoms with Gasteiger partial charge in [-0.2, -0.15) is 10.2 Å². The van der Waals surface area contributed by atoms with Gasteiger partial charge in [-0.25, -0.2) is 9.50 Å². The van der Waals surface area contributed by atoms with Gasteiger partial charge in [0.15, 0.2) is 5.65 Å². The molecule has 3 aromatic heterocycles. The second-order valence-corrected chi connectivity index (χ2v) is 8.12. The minimum Gasteiger partial charge on any atom is -0.491 e. The lowest BCUT2D eigenvalue weighted by Gasteiger charge is -2.14. The number of aliphatic hydroxyl groups excluding tert-OH is 1. The number of ether oxygens (including phenoxy) is 1. The predicted molar refractivity (Wildman–Crippen MR) is 121 cm³/mol. The third-order valence-electron chi connectivity index (χ3n) is 4.95. The molecule has 8 nitrogen and oxygen atoms in total. The van der Waals surface area contributed by atoms with Crippen LogP contribution in [0.5, 0.6) is 5.75 Å². The molecule has 0 aliphatic rings.